The molecule has 1 unspecified atom stereocenters. The van der Waals surface area contributed by atoms with Crippen molar-refractivity contribution < 1.29 is 9.59 Å². The minimum absolute atomic E-state index is 0.0765. The van der Waals surface area contributed by atoms with Crippen LogP contribution in [0, 0.1) is 0 Å². The number of anilines is 1. The zero-order valence-electron chi connectivity index (χ0n) is 16.6. The van der Waals surface area contributed by atoms with E-state index in [1.54, 1.807) is 4.68 Å². The van der Waals surface area contributed by atoms with Crippen LogP contribution in [0.3, 0.4) is 0 Å². The van der Waals surface area contributed by atoms with Crippen LogP contribution in [0.15, 0.2) is 49.2 Å². The van der Waals surface area contributed by atoms with Crippen LogP contribution in [0.5, 0.6) is 0 Å². The highest BCUT2D eigenvalue weighted by atomic mass is 16.1. The van der Waals surface area contributed by atoms with Crippen molar-refractivity contribution in [2.75, 3.05) is 25.0 Å². The third-order valence-electron chi connectivity index (χ3n) is 5.25. The molecule has 0 saturated heterocycles. The number of amides is 2. The van der Waals surface area contributed by atoms with Crippen LogP contribution < -0.4 is 21.8 Å². The number of fused-ring (bicyclic) bond motifs is 1. The van der Waals surface area contributed by atoms with Gasteiger partial charge in [0.05, 0.1) is 12.6 Å². The quantitative estimate of drug-likeness (QED) is 0.509. The molecule has 0 fully saturated rings. The van der Waals surface area contributed by atoms with E-state index in [4.69, 9.17) is 10.8 Å². The minimum atomic E-state index is -0.531. The molecule has 2 amide bonds. The molecular weight excluding hydrogens is 382 g/mol. The first kappa shape index (κ1) is 19.7. The molecule has 0 aliphatic carbocycles. The summed E-state index contributed by atoms with van der Waals surface area (Å²) in [6.45, 7) is 5.77. The molecule has 9 nitrogen and oxygen atoms in total. The molecule has 30 heavy (non-hydrogen) atoms. The van der Waals surface area contributed by atoms with Crippen molar-refractivity contribution in [3.8, 4) is 0 Å². The van der Waals surface area contributed by atoms with Gasteiger partial charge in [0.15, 0.2) is 0 Å². The molecule has 0 bridgehead atoms. The summed E-state index contributed by atoms with van der Waals surface area (Å²) in [7, 11) is 0. The van der Waals surface area contributed by atoms with Crippen LogP contribution in [0.1, 0.15) is 34.1 Å². The maximum atomic E-state index is 12.3. The molecule has 3 heterocycles. The fraction of sp³-hybridized carbons (Fsp3) is 0.286. The lowest BCUT2D eigenvalue weighted by Crippen LogP contribution is -2.34. The fourth-order valence-corrected chi connectivity index (χ4v) is 3.78. The molecule has 1 atom stereocenters. The van der Waals surface area contributed by atoms with Crippen LogP contribution >= 0.6 is 0 Å². The third kappa shape index (κ3) is 3.92. The maximum Gasteiger partial charge on any atom is 0.254 e. The van der Waals surface area contributed by atoms with E-state index in [-0.39, 0.29) is 11.9 Å². The Balaban J connectivity index is 1.61. The fourth-order valence-electron chi connectivity index (χ4n) is 3.78. The Hall–Kier alpha value is -3.59. The zero-order chi connectivity index (χ0) is 21.1. The Morgan fingerprint density at radius 3 is 2.87 bits per heavy atom. The van der Waals surface area contributed by atoms with Gasteiger partial charge in [0.25, 0.3) is 5.91 Å². The molecule has 2 aromatic rings. The van der Waals surface area contributed by atoms with Crippen LogP contribution in [-0.4, -0.2) is 46.2 Å². The van der Waals surface area contributed by atoms with Gasteiger partial charge in [-0.15, -0.1) is 0 Å². The highest BCUT2D eigenvalue weighted by molar-refractivity contribution is 6.02. The normalized spacial score (nSPS) is 17.7. The molecule has 0 saturated carbocycles. The van der Waals surface area contributed by atoms with Crippen molar-refractivity contribution in [1.82, 2.24) is 25.5 Å². The first-order valence-corrected chi connectivity index (χ1v) is 9.88. The topological polar surface area (TPSA) is 117 Å². The number of carbonyl (C=O) groups is 2. The number of carbonyl (C=O) groups excluding carboxylic acids is 2. The van der Waals surface area contributed by atoms with Crippen molar-refractivity contribution in [2.45, 2.75) is 19.0 Å². The largest absolute Gasteiger partial charge is 0.370 e. The van der Waals surface area contributed by atoms with Crippen LogP contribution in [0.4, 0.5) is 5.82 Å². The summed E-state index contributed by atoms with van der Waals surface area (Å²) in [6, 6.07) is 10.0. The Morgan fingerprint density at radius 1 is 1.33 bits per heavy atom. The van der Waals surface area contributed by atoms with E-state index in [0.717, 1.165) is 12.0 Å². The Labute approximate surface area is 174 Å². The minimum Gasteiger partial charge on any atom is -0.370 e. The highest BCUT2D eigenvalue weighted by Crippen LogP contribution is 2.33. The van der Waals surface area contributed by atoms with Crippen molar-refractivity contribution in [2.24, 2.45) is 5.73 Å². The van der Waals surface area contributed by atoms with Gasteiger partial charge < -0.3 is 21.4 Å². The average Bonchev–Trinajstić information content (AvgIpc) is 3.37. The number of benzene rings is 1. The Kier molecular flexibility index (Phi) is 5.53. The number of nitrogens with one attached hydrogen (secondary N) is 3. The van der Waals surface area contributed by atoms with E-state index in [9.17, 15) is 9.59 Å². The lowest BCUT2D eigenvalue weighted by Gasteiger charge is -2.26. The van der Waals surface area contributed by atoms with Crippen molar-refractivity contribution >= 4 is 23.2 Å². The Morgan fingerprint density at radius 2 is 2.13 bits per heavy atom. The number of primary amides is 1. The van der Waals surface area contributed by atoms with Crippen LogP contribution in [-0.2, 0) is 11.3 Å². The summed E-state index contributed by atoms with van der Waals surface area (Å²) in [4.78, 5) is 23.9. The summed E-state index contributed by atoms with van der Waals surface area (Å²) in [6.07, 6.45) is 3.96. The zero-order valence-corrected chi connectivity index (χ0v) is 16.6. The number of nitrogens with zero attached hydrogens (tertiary/aromatic N) is 3. The van der Waals surface area contributed by atoms with Gasteiger partial charge in [-0.2, -0.15) is 5.10 Å². The van der Waals surface area contributed by atoms with E-state index in [1.807, 2.05) is 29.4 Å². The smallest absolute Gasteiger partial charge is 0.254 e. The predicted octanol–water partition coefficient (Wildman–Crippen LogP) is 1.00. The SMILES string of the molecule is C=CC(=O)NCC1CCNc2c(C(N)=O)c(C3=CN(Cc4ccccc4)NC3)nn21. The molecule has 2 aliphatic rings. The number of nitrogens with two attached hydrogens (primary N) is 1. The van der Waals surface area contributed by atoms with E-state index >= 15 is 0 Å². The second kappa shape index (κ2) is 8.42. The highest BCUT2D eigenvalue weighted by Gasteiger charge is 2.31. The molecular formula is C21H25N7O2. The van der Waals surface area contributed by atoms with E-state index in [2.05, 4.69) is 34.8 Å². The molecule has 1 aromatic heterocycles. The number of rotatable bonds is 7. The molecule has 0 radical (unpaired) electrons. The van der Waals surface area contributed by atoms with Gasteiger partial charge in [-0.1, -0.05) is 36.9 Å². The lowest BCUT2D eigenvalue weighted by atomic mass is 10.1. The molecule has 2 aliphatic heterocycles. The summed E-state index contributed by atoms with van der Waals surface area (Å²) >= 11 is 0. The van der Waals surface area contributed by atoms with Gasteiger partial charge in [0.1, 0.15) is 17.1 Å². The van der Waals surface area contributed by atoms with Gasteiger partial charge in [-0.05, 0) is 18.1 Å². The number of hydrogen-bond acceptors (Lipinski definition) is 6. The van der Waals surface area contributed by atoms with Gasteiger partial charge >= 0.3 is 0 Å². The summed E-state index contributed by atoms with van der Waals surface area (Å²) in [5.74, 6) is -0.169. The number of hydrazine groups is 1. The number of hydrogen-bond donors (Lipinski definition) is 4. The van der Waals surface area contributed by atoms with Crippen molar-refractivity contribution in [1.29, 1.82) is 0 Å². The Bertz CT molecular complexity index is 996. The second-order valence-corrected chi connectivity index (χ2v) is 7.30. The number of aromatic nitrogens is 2. The van der Waals surface area contributed by atoms with Gasteiger partial charge in [0, 0.05) is 31.4 Å². The average molecular weight is 407 g/mol. The van der Waals surface area contributed by atoms with Gasteiger partial charge in [0.2, 0.25) is 5.91 Å². The molecule has 156 valence electrons. The second-order valence-electron chi connectivity index (χ2n) is 7.30. The van der Waals surface area contributed by atoms with Crippen molar-refractivity contribution in [3.05, 3.63) is 66.0 Å². The van der Waals surface area contributed by atoms with Crippen LogP contribution in [0.2, 0.25) is 0 Å². The lowest BCUT2D eigenvalue weighted by molar-refractivity contribution is -0.116. The molecule has 0 spiro atoms. The van der Waals surface area contributed by atoms with E-state index < -0.39 is 5.91 Å². The molecule has 4 rings (SSSR count). The third-order valence-corrected chi connectivity index (χ3v) is 5.25. The summed E-state index contributed by atoms with van der Waals surface area (Å²) in [5.41, 5.74) is 12.0. The van der Waals surface area contributed by atoms with Gasteiger partial charge in [-0.3, -0.25) is 9.59 Å². The molecule has 5 N–H and O–H groups in total. The molecule has 1 aromatic carbocycles. The monoisotopic (exact) mass is 407 g/mol. The summed E-state index contributed by atoms with van der Waals surface area (Å²) in [5, 5.41) is 12.7. The summed E-state index contributed by atoms with van der Waals surface area (Å²) < 4.78 is 1.77. The van der Waals surface area contributed by atoms with E-state index in [1.165, 1.54) is 11.6 Å². The predicted molar refractivity (Wildman–Crippen MR) is 114 cm³/mol. The van der Waals surface area contributed by atoms with E-state index in [0.29, 0.717) is 43.3 Å². The van der Waals surface area contributed by atoms with Crippen molar-refractivity contribution in [3.63, 3.8) is 0 Å². The first-order valence-electron chi connectivity index (χ1n) is 9.88. The maximum absolute atomic E-state index is 12.3. The molecule has 9 heteroatoms. The first-order chi connectivity index (χ1) is 14.6. The van der Waals surface area contributed by atoms with Gasteiger partial charge in [-0.25, -0.2) is 10.1 Å². The van der Waals surface area contributed by atoms with Crippen LogP contribution in [0.25, 0.3) is 5.57 Å². The standard InChI is InChI=1S/C21H25N7O2/c1-2-17(29)24-11-16-8-9-23-21-18(20(22)30)19(26-28(16)21)15-10-25-27(13-15)12-14-6-4-3-5-7-14/h2-7,13,16,23,25H,1,8-12H2,(H2,22,30)(H,24,29).